The van der Waals surface area contributed by atoms with Crippen molar-refractivity contribution in [3.63, 3.8) is 0 Å². The largest absolute Gasteiger partial charge is 0.436 e. The number of H-pyrrole nitrogens is 2. The van der Waals surface area contributed by atoms with Crippen molar-refractivity contribution >= 4 is 35.6 Å². The standard InChI is InChI=1S/2C26H33F3N6O5/c2*1-6-7-8-17(19(36)21(37)32-18-9-10-30-33-18)31-24(38)39-20(25(3,4)5)23-35-34-22(40-23)15-11-14(2)12-16(13-15)26(27,28)29/h2*9-13,17,19-20,36H,6-8H2,1-5H3,(H,31,38)(H2,30,32,33,37)/t17-,19+,20+;17-,19-,20+/m00/s1. The molecule has 0 saturated heterocycles. The van der Waals surface area contributed by atoms with E-state index in [1.165, 1.54) is 50.5 Å². The Morgan fingerprint density at radius 3 is 1.25 bits per heavy atom. The maximum Gasteiger partial charge on any atom is 0.416 e. The van der Waals surface area contributed by atoms with Crippen LogP contribution in [-0.4, -0.2) is 99.3 Å². The highest BCUT2D eigenvalue weighted by Gasteiger charge is 2.40. The topological polar surface area (TPSA) is 311 Å². The fourth-order valence-corrected chi connectivity index (χ4v) is 7.73. The number of benzene rings is 2. The van der Waals surface area contributed by atoms with Gasteiger partial charge in [0, 0.05) is 34.1 Å². The van der Waals surface area contributed by atoms with Gasteiger partial charge in [-0.05, 0) is 74.2 Å². The first-order chi connectivity index (χ1) is 37.4. The van der Waals surface area contributed by atoms with Gasteiger partial charge in [0.15, 0.2) is 24.4 Å². The number of hydrogen-bond acceptors (Lipinski definition) is 16. The second-order valence-corrected chi connectivity index (χ2v) is 21.0. The van der Waals surface area contributed by atoms with Crippen molar-refractivity contribution in [3.8, 4) is 22.9 Å². The van der Waals surface area contributed by atoms with Crippen molar-refractivity contribution in [1.82, 2.24) is 51.4 Å². The zero-order chi connectivity index (χ0) is 59.3. The first-order valence-electron chi connectivity index (χ1n) is 25.3. The van der Waals surface area contributed by atoms with Crippen molar-refractivity contribution in [2.75, 3.05) is 10.6 Å². The number of halogens is 6. The molecule has 28 heteroatoms. The number of hydrogen-bond donors (Lipinski definition) is 8. The van der Waals surface area contributed by atoms with Crippen LogP contribution < -0.4 is 21.3 Å². The number of unbranched alkanes of at least 4 members (excludes halogenated alkanes) is 2. The van der Waals surface area contributed by atoms with Crippen LogP contribution in [0.4, 0.5) is 47.6 Å². The minimum atomic E-state index is -4.56. The summed E-state index contributed by atoms with van der Waals surface area (Å²) >= 11 is 0. The van der Waals surface area contributed by atoms with Gasteiger partial charge in [-0.2, -0.15) is 36.5 Å². The molecular weight excluding hydrogens is 1070 g/mol. The van der Waals surface area contributed by atoms with Crippen LogP contribution >= 0.6 is 0 Å². The van der Waals surface area contributed by atoms with Crippen LogP contribution in [0, 0.1) is 24.7 Å². The lowest BCUT2D eigenvalue weighted by molar-refractivity contribution is -0.138. The Labute approximate surface area is 456 Å². The van der Waals surface area contributed by atoms with Crippen LogP contribution in [0.25, 0.3) is 22.9 Å². The maximum absolute atomic E-state index is 13.3. The average Bonchev–Trinajstić information content (AvgIpc) is 4.23. The van der Waals surface area contributed by atoms with E-state index in [-0.39, 0.29) is 59.2 Å². The summed E-state index contributed by atoms with van der Waals surface area (Å²) < 4.78 is 102. The Balaban J connectivity index is 0.000000294. The third-order valence-electron chi connectivity index (χ3n) is 11.8. The van der Waals surface area contributed by atoms with E-state index in [4.69, 9.17) is 18.3 Å². The third-order valence-corrected chi connectivity index (χ3v) is 11.8. The molecule has 0 unspecified atom stereocenters. The fourth-order valence-electron chi connectivity index (χ4n) is 7.73. The van der Waals surface area contributed by atoms with Crippen molar-refractivity contribution in [2.45, 2.75) is 157 Å². The number of rotatable bonds is 20. The van der Waals surface area contributed by atoms with Crippen LogP contribution in [0.3, 0.4) is 0 Å². The van der Waals surface area contributed by atoms with Gasteiger partial charge < -0.3 is 49.8 Å². The summed E-state index contributed by atoms with van der Waals surface area (Å²) in [6, 6.07) is 7.79. The number of nitrogens with one attached hydrogen (secondary N) is 6. The minimum absolute atomic E-state index is 0.0641. The molecule has 8 N–H and O–H groups in total. The quantitative estimate of drug-likeness (QED) is 0.0330. The number of amides is 4. The molecule has 0 bridgehead atoms. The molecule has 0 aliphatic carbocycles. The van der Waals surface area contributed by atoms with E-state index < -0.39 is 94.8 Å². The van der Waals surface area contributed by atoms with E-state index in [9.17, 15) is 55.7 Å². The predicted molar refractivity (Wildman–Crippen MR) is 276 cm³/mol. The van der Waals surface area contributed by atoms with Crippen LogP contribution in [-0.2, 0) is 31.4 Å². The molecule has 4 aromatic heterocycles. The monoisotopic (exact) mass is 1130 g/mol. The smallest absolute Gasteiger partial charge is 0.416 e. The molecule has 4 heterocycles. The Bertz CT molecular complexity index is 2770. The Morgan fingerprint density at radius 1 is 0.588 bits per heavy atom. The number of alkyl halides is 6. The highest BCUT2D eigenvalue weighted by molar-refractivity contribution is 5.94. The predicted octanol–water partition coefficient (Wildman–Crippen LogP) is 10.3. The third kappa shape index (κ3) is 18.1. The molecular formula is C52H66F6N12O10. The number of carbonyl (C=O) groups is 4. The van der Waals surface area contributed by atoms with Gasteiger partial charge in [0.25, 0.3) is 23.6 Å². The molecule has 0 aliphatic heterocycles. The molecule has 2 aromatic carbocycles. The molecule has 0 fully saturated rings. The number of aromatic amines is 2. The highest BCUT2D eigenvalue weighted by atomic mass is 19.4. The fraction of sp³-hybridized carbons (Fsp3) is 0.500. The first-order valence-corrected chi connectivity index (χ1v) is 25.3. The zero-order valence-corrected chi connectivity index (χ0v) is 45.6. The summed E-state index contributed by atoms with van der Waals surface area (Å²) in [5, 5.41) is 59.5. The van der Waals surface area contributed by atoms with Gasteiger partial charge in [-0.25, -0.2) is 9.59 Å². The van der Waals surface area contributed by atoms with E-state index in [0.717, 1.165) is 37.1 Å². The maximum atomic E-state index is 13.3. The lowest BCUT2D eigenvalue weighted by Crippen LogP contribution is -2.49. The number of aliphatic hydroxyl groups excluding tert-OH is 2. The molecule has 4 amide bonds. The summed E-state index contributed by atoms with van der Waals surface area (Å²) in [5.74, 6) is -1.56. The normalized spacial score (nSPS) is 14.3. The van der Waals surface area contributed by atoms with Gasteiger partial charge in [-0.1, -0.05) is 81.1 Å². The van der Waals surface area contributed by atoms with Crippen molar-refractivity contribution in [2.24, 2.45) is 10.8 Å². The molecule has 0 saturated carbocycles. The molecule has 0 spiro atoms. The van der Waals surface area contributed by atoms with Gasteiger partial charge in [0.05, 0.1) is 35.6 Å². The van der Waals surface area contributed by atoms with Gasteiger partial charge in [0.1, 0.15) is 11.6 Å². The van der Waals surface area contributed by atoms with Crippen LogP contribution in [0.15, 0.2) is 69.8 Å². The van der Waals surface area contributed by atoms with Gasteiger partial charge >= 0.3 is 24.5 Å². The first kappa shape index (κ1) is 63.0. The number of ether oxygens (including phenoxy) is 2. The van der Waals surface area contributed by atoms with E-state index in [2.05, 4.69) is 62.1 Å². The summed E-state index contributed by atoms with van der Waals surface area (Å²) in [4.78, 5) is 51.0. The van der Waals surface area contributed by atoms with Crippen molar-refractivity contribution in [3.05, 3.63) is 95.0 Å². The lowest BCUT2D eigenvalue weighted by atomic mass is 9.89. The van der Waals surface area contributed by atoms with Crippen molar-refractivity contribution in [1.29, 1.82) is 0 Å². The molecule has 6 rings (SSSR count). The Hall–Kier alpha value is -7.88. The Kier molecular flexibility index (Phi) is 21.1. The molecule has 6 atom stereocenters. The van der Waals surface area contributed by atoms with E-state index in [1.807, 2.05) is 13.8 Å². The molecule has 6 aromatic rings. The molecule has 22 nitrogen and oxygen atoms in total. The second kappa shape index (κ2) is 26.9. The number of carbonyl (C=O) groups excluding carboxylic acids is 4. The number of aryl methyl sites for hydroxylation is 2. The highest BCUT2D eigenvalue weighted by Crippen LogP contribution is 2.40. The van der Waals surface area contributed by atoms with E-state index >= 15 is 0 Å². The zero-order valence-electron chi connectivity index (χ0n) is 45.6. The second-order valence-electron chi connectivity index (χ2n) is 21.0. The number of aromatic nitrogens is 8. The summed E-state index contributed by atoms with van der Waals surface area (Å²) in [7, 11) is 0. The molecule has 0 aliphatic rings. The molecule has 0 radical (unpaired) electrons. The summed E-state index contributed by atoms with van der Waals surface area (Å²) in [6.45, 7) is 17.3. The van der Waals surface area contributed by atoms with Gasteiger partial charge in [0.2, 0.25) is 11.8 Å². The summed E-state index contributed by atoms with van der Waals surface area (Å²) in [6.07, 6.45) is -10.3. The summed E-state index contributed by atoms with van der Waals surface area (Å²) in [5.41, 5.74) is -2.46. The number of alkyl carbamates (subject to hydrolysis) is 2. The number of anilines is 2. The van der Waals surface area contributed by atoms with E-state index in [1.54, 1.807) is 41.5 Å². The Morgan fingerprint density at radius 2 is 0.950 bits per heavy atom. The van der Waals surface area contributed by atoms with Gasteiger partial charge in [-0.3, -0.25) is 19.8 Å². The van der Waals surface area contributed by atoms with Crippen LogP contribution in [0.2, 0.25) is 0 Å². The average molecular weight is 1130 g/mol. The SMILES string of the molecule is CCCC[C@H](NC(=O)O[C@H](c1nnc(-c2cc(C)cc(C(F)(F)F)c2)o1)C(C)(C)C)[C@@H](O)C(=O)Nc1ccn[nH]1.CCCC[C@H](NC(=O)O[C@H](c1nnc(-c2cc(C)cc(C(F)(F)F)c2)o1)C(C)(C)C)[C@H](O)C(=O)Nc1ccn[nH]1. The lowest BCUT2D eigenvalue weighted by Gasteiger charge is -2.29. The van der Waals surface area contributed by atoms with E-state index in [0.29, 0.717) is 24.0 Å². The van der Waals surface area contributed by atoms with Crippen LogP contribution in [0.5, 0.6) is 0 Å². The molecule has 436 valence electrons. The number of nitrogens with zero attached hydrogens (tertiary/aromatic N) is 6. The van der Waals surface area contributed by atoms with Crippen LogP contribution in [0.1, 0.15) is 140 Å². The van der Waals surface area contributed by atoms with Crippen molar-refractivity contribution < 1.29 is 74.0 Å². The molecule has 80 heavy (non-hydrogen) atoms. The van der Waals surface area contributed by atoms with Gasteiger partial charge in [-0.15, -0.1) is 20.4 Å². The minimum Gasteiger partial charge on any atom is -0.436 e. The number of aliphatic hydroxyl groups is 2.